The van der Waals surface area contributed by atoms with Gasteiger partial charge in [-0.2, -0.15) is 11.8 Å². The lowest BCUT2D eigenvalue weighted by Gasteiger charge is -2.31. The Morgan fingerprint density at radius 3 is 1.05 bits per heavy atom. The van der Waals surface area contributed by atoms with E-state index in [1.54, 1.807) is 0 Å². The molecule has 0 saturated heterocycles. The van der Waals surface area contributed by atoms with Crippen molar-refractivity contribution < 1.29 is 0 Å². The summed E-state index contributed by atoms with van der Waals surface area (Å²) in [6.07, 6.45) is 0. The van der Waals surface area contributed by atoms with Crippen molar-refractivity contribution in [2.24, 2.45) is 0 Å². The summed E-state index contributed by atoms with van der Waals surface area (Å²) in [7, 11) is 0. The van der Waals surface area contributed by atoms with E-state index in [4.69, 9.17) is 0 Å². The molecule has 0 unspecified atom stereocenters. The largest absolute Gasteiger partial charge is 0.298 e. The van der Waals surface area contributed by atoms with Crippen molar-refractivity contribution in [2.45, 2.75) is 79.6 Å². The van der Waals surface area contributed by atoms with Crippen molar-refractivity contribution >= 4 is 11.8 Å². The van der Waals surface area contributed by atoms with E-state index in [-0.39, 0.29) is 0 Å². The predicted octanol–water partition coefficient (Wildman–Crippen LogP) is 3.96. The van der Waals surface area contributed by atoms with Gasteiger partial charge < -0.3 is 0 Å². The summed E-state index contributed by atoms with van der Waals surface area (Å²) in [6, 6.07) is 2.62. The molecule has 19 heavy (non-hydrogen) atoms. The average molecular weight is 289 g/mol. The van der Waals surface area contributed by atoms with Crippen LogP contribution in [-0.4, -0.2) is 58.6 Å². The Morgan fingerprint density at radius 1 is 0.579 bits per heavy atom. The zero-order valence-corrected chi connectivity index (χ0v) is 15.3. The zero-order chi connectivity index (χ0) is 15.0. The molecule has 0 heterocycles. The maximum Gasteiger partial charge on any atom is 0.00778 e. The molecule has 0 N–H and O–H groups in total. The fraction of sp³-hybridized carbons (Fsp3) is 1.00. The lowest BCUT2D eigenvalue weighted by atomic mass is 10.2. The third kappa shape index (κ3) is 8.21. The van der Waals surface area contributed by atoms with E-state index in [2.05, 4.69) is 77.0 Å². The molecule has 0 aliphatic carbocycles. The molecule has 0 aromatic carbocycles. The van der Waals surface area contributed by atoms with Gasteiger partial charge in [0, 0.05) is 48.8 Å². The second kappa shape index (κ2) is 10.1. The van der Waals surface area contributed by atoms with Gasteiger partial charge in [0.1, 0.15) is 0 Å². The third-order valence-electron chi connectivity index (χ3n) is 3.64. The molecule has 0 radical (unpaired) electrons. The summed E-state index contributed by atoms with van der Waals surface area (Å²) in [5.74, 6) is 2.50. The van der Waals surface area contributed by atoms with Gasteiger partial charge in [0.25, 0.3) is 0 Å². The van der Waals surface area contributed by atoms with E-state index in [1.807, 2.05) is 0 Å². The monoisotopic (exact) mass is 288 g/mol. The van der Waals surface area contributed by atoms with Gasteiger partial charge in [-0.1, -0.05) is 0 Å². The molecule has 0 spiro atoms. The van der Waals surface area contributed by atoms with Crippen LogP contribution in [0.2, 0.25) is 0 Å². The minimum Gasteiger partial charge on any atom is -0.298 e. The predicted molar refractivity (Wildman–Crippen MR) is 91.3 cm³/mol. The van der Waals surface area contributed by atoms with Crippen molar-refractivity contribution in [3.05, 3.63) is 0 Å². The maximum atomic E-state index is 2.58. The standard InChI is InChI=1S/C16H36N2S/c1-13(2)17(14(3)4)9-11-19-12-10-18(15(5)6)16(7)8/h13-16H,9-12H2,1-8H3. The van der Waals surface area contributed by atoms with Crippen LogP contribution in [-0.2, 0) is 0 Å². The van der Waals surface area contributed by atoms with Gasteiger partial charge in [-0.25, -0.2) is 0 Å². The molecular weight excluding hydrogens is 252 g/mol. The van der Waals surface area contributed by atoms with Crippen molar-refractivity contribution in [3.8, 4) is 0 Å². The summed E-state index contributed by atoms with van der Waals surface area (Å²) in [5.41, 5.74) is 0. The maximum absolute atomic E-state index is 2.58. The van der Waals surface area contributed by atoms with E-state index in [1.165, 1.54) is 24.6 Å². The van der Waals surface area contributed by atoms with Crippen LogP contribution in [0.5, 0.6) is 0 Å². The molecular formula is C16H36N2S. The minimum absolute atomic E-state index is 0.656. The first kappa shape index (κ1) is 19.3. The molecule has 0 fully saturated rings. The van der Waals surface area contributed by atoms with Crippen LogP contribution in [0.25, 0.3) is 0 Å². The number of rotatable bonds is 10. The van der Waals surface area contributed by atoms with Crippen molar-refractivity contribution in [2.75, 3.05) is 24.6 Å². The first-order chi connectivity index (χ1) is 8.77. The summed E-state index contributed by atoms with van der Waals surface area (Å²) in [5, 5.41) is 0. The second-order valence-corrected chi connectivity index (χ2v) is 7.69. The molecule has 0 aromatic heterocycles. The van der Waals surface area contributed by atoms with E-state index in [0.717, 1.165) is 0 Å². The number of nitrogens with zero attached hydrogens (tertiary/aromatic N) is 2. The van der Waals surface area contributed by atoms with E-state index >= 15 is 0 Å². The number of hydrogen-bond acceptors (Lipinski definition) is 3. The fourth-order valence-electron chi connectivity index (χ4n) is 2.67. The Bertz CT molecular complexity index is 177. The van der Waals surface area contributed by atoms with Crippen LogP contribution >= 0.6 is 11.8 Å². The third-order valence-corrected chi connectivity index (χ3v) is 4.58. The van der Waals surface area contributed by atoms with Gasteiger partial charge in [0.2, 0.25) is 0 Å². The first-order valence-electron chi connectivity index (χ1n) is 7.86. The summed E-state index contributed by atoms with van der Waals surface area (Å²) in [4.78, 5) is 5.16. The average Bonchev–Trinajstić information content (AvgIpc) is 2.25. The summed E-state index contributed by atoms with van der Waals surface area (Å²) in [6.45, 7) is 20.8. The highest BCUT2D eigenvalue weighted by atomic mass is 32.2. The van der Waals surface area contributed by atoms with Crippen LogP contribution in [0.4, 0.5) is 0 Å². The topological polar surface area (TPSA) is 6.48 Å². The Hall–Kier alpha value is 0.270. The van der Waals surface area contributed by atoms with Crippen LogP contribution < -0.4 is 0 Å². The molecule has 0 atom stereocenters. The lowest BCUT2D eigenvalue weighted by Crippen LogP contribution is -2.39. The second-order valence-electron chi connectivity index (χ2n) is 6.46. The molecule has 0 amide bonds. The zero-order valence-electron chi connectivity index (χ0n) is 14.4. The Morgan fingerprint density at radius 2 is 0.842 bits per heavy atom. The van der Waals surface area contributed by atoms with Crippen molar-refractivity contribution in [3.63, 3.8) is 0 Å². The van der Waals surface area contributed by atoms with E-state index < -0.39 is 0 Å². The van der Waals surface area contributed by atoms with Crippen molar-refractivity contribution in [1.82, 2.24) is 9.80 Å². The van der Waals surface area contributed by atoms with Crippen LogP contribution in [0.15, 0.2) is 0 Å². The minimum atomic E-state index is 0.656. The van der Waals surface area contributed by atoms with Gasteiger partial charge in [-0.3, -0.25) is 9.80 Å². The number of hydrogen-bond donors (Lipinski definition) is 0. The van der Waals surface area contributed by atoms with Gasteiger partial charge in [-0.15, -0.1) is 0 Å². The Kier molecular flexibility index (Phi) is 10.2. The highest BCUT2D eigenvalue weighted by Crippen LogP contribution is 2.11. The van der Waals surface area contributed by atoms with Gasteiger partial charge in [0.05, 0.1) is 0 Å². The highest BCUT2D eigenvalue weighted by molar-refractivity contribution is 7.99. The number of thioether (sulfide) groups is 1. The van der Waals surface area contributed by atoms with E-state index in [0.29, 0.717) is 24.2 Å². The van der Waals surface area contributed by atoms with Crippen LogP contribution in [0.1, 0.15) is 55.4 Å². The molecule has 116 valence electrons. The van der Waals surface area contributed by atoms with E-state index in [9.17, 15) is 0 Å². The van der Waals surface area contributed by atoms with Crippen LogP contribution in [0, 0.1) is 0 Å². The fourth-order valence-corrected chi connectivity index (χ4v) is 3.55. The molecule has 0 rings (SSSR count). The van der Waals surface area contributed by atoms with Gasteiger partial charge in [0.15, 0.2) is 0 Å². The molecule has 0 aliphatic heterocycles. The first-order valence-corrected chi connectivity index (χ1v) is 9.02. The van der Waals surface area contributed by atoms with Gasteiger partial charge in [-0.05, 0) is 55.4 Å². The lowest BCUT2D eigenvalue weighted by molar-refractivity contribution is 0.185. The molecule has 0 aromatic rings. The SMILES string of the molecule is CC(C)N(CCSCCN(C(C)C)C(C)C)C(C)C. The molecule has 0 saturated carbocycles. The molecule has 0 bridgehead atoms. The molecule has 2 nitrogen and oxygen atoms in total. The van der Waals surface area contributed by atoms with Gasteiger partial charge >= 0.3 is 0 Å². The Balaban J connectivity index is 3.85. The van der Waals surface area contributed by atoms with Crippen molar-refractivity contribution in [1.29, 1.82) is 0 Å². The summed E-state index contributed by atoms with van der Waals surface area (Å²) < 4.78 is 0. The quantitative estimate of drug-likeness (QED) is 0.562. The normalized spacial score (nSPS) is 12.9. The van der Waals surface area contributed by atoms with Crippen LogP contribution in [0.3, 0.4) is 0 Å². The smallest absolute Gasteiger partial charge is 0.00778 e. The molecule has 3 heteroatoms. The summed E-state index contributed by atoms with van der Waals surface area (Å²) >= 11 is 2.10. The highest BCUT2D eigenvalue weighted by Gasteiger charge is 2.14. The Labute approximate surface area is 126 Å². The molecule has 0 aliphatic rings.